The molecule has 1 fully saturated rings. The topological polar surface area (TPSA) is 150 Å². The summed E-state index contributed by atoms with van der Waals surface area (Å²) in [6.45, 7) is -0.501. The largest absolute Gasteiger partial charge is 0.504 e. The lowest BCUT2D eigenvalue weighted by Gasteiger charge is -2.04. The van der Waals surface area contributed by atoms with Crippen molar-refractivity contribution in [2.45, 2.75) is 11.7 Å². The highest BCUT2D eigenvalue weighted by Crippen LogP contribution is 2.25. The number of hydrogen-bond donors (Lipinski definition) is 4. The van der Waals surface area contributed by atoms with Gasteiger partial charge in [-0.25, -0.2) is 0 Å². The van der Waals surface area contributed by atoms with Crippen LogP contribution in [0.2, 0.25) is 0 Å². The van der Waals surface area contributed by atoms with Crippen molar-refractivity contribution < 1.29 is 29.3 Å². The van der Waals surface area contributed by atoms with E-state index < -0.39 is 29.6 Å². The molecule has 0 radical (unpaired) electrons. The monoisotopic (exact) mass is 380 g/mol. The maximum absolute atomic E-state index is 11.8. The molecule has 2 amide bonds. The molecule has 0 bridgehead atoms. The first-order chi connectivity index (χ1) is 12.4. The summed E-state index contributed by atoms with van der Waals surface area (Å²) in [5.41, 5.74) is 0.628. The molecule has 1 unspecified atom stereocenters. The van der Waals surface area contributed by atoms with Gasteiger partial charge in [0.2, 0.25) is 11.8 Å². The zero-order chi connectivity index (χ0) is 19.1. The van der Waals surface area contributed by atoms with Crippen LogP contribution in [-0.2, 0) is 14.4 Å². The Morgan fingerprint density at radius 2 is 2.23 bits per heavy atom. The normalized spacial score (nSPS) is 18.1. The summed E-state index contributed by atoms with van der Waals surface area (Å²) in [6.07, 6.45) is 1.25. The van der Waals surface area contributed by atoms with Gasteiger partial charge in [-0.2, -0.15) is 5.10 Å². The highest BCUT2D eigenvalue weighted by molar-refractivity contribution is 8.15. The van der Waals surface area contributed by atoms with Crippen LogP contribution < -0.4 is 15.4 Å². The molecule has 2 rings (SSSR count). The number of hydrogen-bond acceptors (Lipinski definition) is 8. The third kappa shape index (κ3) is 5.48. The number of carboxylic acid groups (broad SMARTS) is 1. The van der Waals surface area contributed by atoms with Crippen LogP contribution in [0, 0.1) is 0 Å². The molecule has 11 heteroatoms. The second kappa shape index (κ2) is 8.85. The maximum Gasteiger partial charge on any atom is 0.322 e. The first kappa shape index (κ1) is 19.2. The van der Waals surface area contributed by atoms with Gasteiger partial charge in [-0.3, -0.25) is 14.4 Å². The Morgan fingerprint density at radius 3 is 2.92 bits per heavy atom. The van der Waals surface area contributed by atoms with Gasteiger partial charge >= 0.3 is 5.97 Å². The summed E-state index contributed by atoms with van der Waals surface area (Å²) in [6, 6.07) is 4.62. The van der Waals surface area contributed by atoms with Gasteiger partial charge in [0.05, 0.1) is 13.3 Å². The smallest absolute Gasteiger partial charge is 0.322 e. The lowest BCUT2D eigenvalue weighted by molar-refractivity contribution is -0.137. The third-order valence-electron chi connectivity index (χ3n) is 3.14. The highest BCUT2D eigenvalue weighted by atomic mass is 32.2. The molecule has 0 spiro atoms. The van der Waals surface area contributed by atoms with E-state index in [1.54, 1.807) is 12.1 Å². The first-order valence-corrected chi connectivity index (χ1v) is 8.21. The van der Waals surface area contributed by atoms with E-state index in [-0.39, 0.29) is 23.1 Å². The fourth-order valence-electron chi connectivity index (χ4n) is 1.92. The van der Waals surface area contributed by atoms with Crippen LogP contribution in [0.5, 0.6) is 11.5 Å². The van der Waals surface area contributed by atoms with E-state index in [2.05, 4.69) is 20.8 Å². The molecule has 1 heterocycles. The van der Waals surface area contributed by atoms with Crippen molar-refractivity contribution in [2.75, 3.05) is 13.7 Å². The van der Waals surface area contributed by atoms with Crippen LogP contribution in [0.15, 0.2) is 28.4 Å². The molecule has 1 saturated heterocycles. The minimum Gasteiger partial charge on any atom is -0.504 e. The van der Waals surface area contributed by atoms with Crippen LogP contribution >= 0.6 is 11.8 Å². The Bertz CT molecular complexity index is 779. The molecule has 1 aliphatic heterocycles. The number of methoxy groups -OCH3 is 1. The van der Waals surface area contributed by atoms with E-state index in [1.165, 1.54) is 19.4 Å². The van der Waals surface area contributed by atoms with Crippen molar-refractivity contribution >= 4 is 40.9 Å². The molecule has 1 aromatic rings. The van der Waals surface area contributed by atoms with E-state index in [0.29, 0.717) is 5.56 Å². The van der Waals surface area contributed by atoms with Crippen molar-refractivity contribution in [1.29, 1.82) is 0 Å². The zero-order valence-corrected chi connectivity index (χ0v) is 14.4. The Hall–Kier alpha value is -3.08. The van der Waals surface area contributed by atoms with Crippen molar-refractivity contribution in [1.82, 2.24) is 10.6 Å². The average Bonchev–Trinajstić information content (AvgIpc) is 2.94. The van der Waals surface area contributed by atoms with Crippen molar-refractivity contribution in [3.63, 3.8) is 0 Å². The molecular formula is C15H16N4O6S. The molecule has 0 aromatic heterocycles. The summed E-state index contributed by atoms with van der Waals surface area (Å²) in [5.74, 6) is -1.82. The quantitative estimate of drug-likeness (QED) is 0.381. The summed E-state index contributed by atoms with van der Waals surface area (Å²) in [4.78, 5) is 33.8. The number of carboxylic acids is 1. The summed E-state index contributed by atoms with van der Waals surface area (Å²) in [5, 5.41) is 29.9. The maximum atomic E-state index is 11.8. The van der Waals surface area contributed by atoms with Crippen molar-refractivity contribution in [2.24, 2.45) is 10.2 Å². The molecule has 0 aliphatic carbocycles. The number of nitrogens with one attached hydrogen (secondary N) is 2. The Balaban J connectivity index is 1.93. The second-order valence-electron chi connectivity index (χ2n) is 5.05. The van der Waals surface area contributed by atoms with Crippen LogP contribution in [0.1, 0.15) is 12.0 Å². The molecule has 1 aromatic carbocycles. The van der Waals surface area contributed by atoms with Gasteiger partial charge in [0.25, 0.3) is 0 Å². The number of aliphatic carboxylic acids is 1. The number of carbonyl (C=O) groups is 3. The minimum absolute atomic E-state index is 0.00130. The lowest BCUT2D eigenvalue weighted by Crippen LogP contribution is -2.33. The molecule has 1 atom stereocenters. The summed E-state index contributed by atoms with van der Waals surface area (Å²) >= 11 is 1.03. The van der Waals surface area contributed by atoms with E-state index in [9.17, 15) is 19.5 Å². The van der Waals surface area contributed by atoms with Crippen LogP contribution in [0.4, 0.5) is 0 Å². The number of phenols is 1. The third-order valence-corrected chi connectivity index (χ3v) is 4.22. The molecule has 1 aliphatic rings. The van der Waals surface area contributed by atoms with Crippen molar-refractivity contribution in [3.05, 3.63) is 23.8 Å². The molecule has 10 nitrogen and oxygen atoms in total. The molecular weight excluding hydrogens is 364 g/mol. The highest BCUT2D eigenvalue weighted by Gasteiger charge is 2.32. The number of thioether (sulfide) groups is 1. The number of carbonyl (C=O) groups excluding carboxylic acids is 2. The standard InChI is InChI=1S/C15H16N4O6S/c1-25-10-4-8(2-3-9(10)20)6-17-19-15-18-14(24)11(26-15)5-12(21)16-7-13(22)23/h2-4,6,11,20H,5,7H2,1H3,(H,16,21)(H,22,23)(H,18,19,24). The van der Waals surface area contributed by atoms with Gasteiger partial charge in [-0.15, -0.1) is 5.10 Å². The Kier molecular flexibility index (Phi) is 6.55. The van der Waals surface area contributed by atoms with Crippen LogP contribution in [0.3, 0.4) is 0 Å². The van der Waals surface area contributed by atoms with E-state index in [4.69, 9.17) is 9.84 Å². The van der Waals surface area contributed by atoms with Gasteiger partial charge in [-0.05, 0) is 23.8 Å². The second-order valence-corrected chi connectivity index (χ2v) is 6.24. The molecule has 138 valence electrons. The molecule has 0 saturated carbocycles. The van der Waals surface area contributed by atoms with Gasteiger partial charge < -0.3 is 25.6 Å². The number of amidine groups is 1. The number of aromatic hydroxyl groups is 1. The number of amides is 2. The fourth-order valence-corrected chi connectivity index (χ4v) is 2.85. The van der Waals surface area contributed by atoms with E-state index in [1.807, 2.05) is 0 Å². The number of rotatable bonds is 7. The van der Waals surface area contributed by atoms with Gasteiger partial charge in [0, 0.05) is 6.42 Å². The summed E-state index contributed by atoms with van der Waals surface area (Å²) in [7, 11) is 1.42. The number of ether oxygens (including phenoxy) is 1. The Morgan fingerprint density at radius 1 is 1.46 bits per heavy atom. The van der Waals surface area contributed by atoms with E-state index >= 15 is 0 Å². The predicted molar refractivity (Wildman–Crippen MR) is 94.5 cm³/mol. The van der Waals surface area contributed by atoms with Gasteiger partial charge in [0.15, 0.2) is 16.7 Å². The number of phenolic OH excluding ortho intramolecular Hbond substituents is 1. The van der Waals surface area contributed by atoms with Crippen LogP contribution in [0.25, 0.3) is 0 Å². The minimum atomic E-state index is -1.16. The fraction of sp³-hybridized carbons (Fsp3) is 0.267. The molecule has 26 heavy (non-hydrogen) atoms. The van der Waals surface area contributed by atoms with Gasteiger partial charge in [-0.1, -0.05) is 11.8 Å². The van der Waals surface area contributed by atoms with Gasteiger partial charge in [0.1, 0.15) is 11.8 Å². The van der Waals surface area contributed by atoms with E-state index in [0.717, 1.165) is 11.8 Å². The van der Waals surface area contributed by atoms with Crippen LogP contribution in [-0.4, -0.2) is 58.3 Å². The zero-order valence-electron chi connectivity index (χ0n) is 13.6. The predicted octanol–water partition coefficient (Wildman–Crippen LogP) is -0.0868. The average molecular weight is 380 g/mol. The lowest BCUT2D eigenvalue weighted by atomic mass is 10.2. The number of benzene rings is 1. The molecule has 4 N–H and O–H groups in total. The van der Waals surface area contributed by atoms with Crippen molar-refractivity contribution in [3.8, 4) is 11.5 Å². The first-order valence-electron chi connectivity index (χ1n) is 7.33. The SMILES string of the molecule is COc1cc(C=NN=C2NC(=O)C(CC(=O)NCC(=O)O)S2)ccc1O. The summed E-state index contributed by atoms with van der Waals surface area (Å²) < 4.78 is 4.98. The Labute approximate surface area is 152 Å². The number of nitrogens with zero attached hydrogens (tertiary/aromatic N) is 2.